The van der Waals surface area contributed by atoms with Crippen molar-refractivity contribution in [3.8, 4) is 11.5 Å². The summed E-state index contributed by atoms with van der Waals surface area (Å²) < 4.78 is 12.1. The molecule has 0 unspecified atom stereocenters. The van der Waals surface area contributed by atoms with E-state index in [1.807, 2.05) is 36.4 Å². The summed E-state index contributed by atoms with van der Waals surface area (Å²) in [6.45, 7) is 0.519. The third-order valence-corrected chi connectivity index (χ3v) is 8.78. The molecule has 0 amide bonds. The molecule has 4 bridgehead atoms. The molecule has 4 aliphatic carbocycles. The van der Waals surface area contributed by atoms with Crippen LogP contribution in [0.1, 0.15) is 73.7 Å². The number of esters is 1. The minimum atomic E-state index is -0.760. The van der Waals surface area contributed by atoms with Gasteiger partial charge >= 0.3 is 11.9 Å². The van der Waals surface area contributed by atoms with Crippen LogP contribution in [0, 0.1) is 17.8 Å². The molecular weight excluding hydrogens is 464 g/mol. The third-order valence-electron chi connectivity index (χ3n) is 8.78. The second kappa shape index (κ2) is 9.85. The van der Waals surface area contributed by atoms with Gasteiger partial charge in [0.15, 0.2) is 0 Å². The van der Waals surface area contributed by atoms with Crippen molar-refractivity contribution in [2.75, 3.05) is 6.61 Å². The fourth-order valence-electron chi connectivity index (χ4n) is 7.59. The number of hydrogen-bond acceptors (Lipinski definition) is 4. The summed E-state index contributed by atoms with van der Waals surface area (Å²) in [4.78, 5) is 23.5. The second-order valence-electron chi connectivity index (χ2n) is 11.5. The van der Waals surface area contributed by atoms with Crippen LogP contribution in [-0.2, 0) is 10.2 Å². The van der Waals surface area contributed by atoms with Crippen molar-refractivity contribution in [1.82, 2.24) is 0 Å². The third kappa shape index (κ3) is 4.96. The topological polar surface area (TPSA) is 72.8 Å². The van der Waals surface area contributed by atoms with E-state index in [4.69, 9.17) is 14.6 Å². The zero-order valence-electron chi connectivity index (χ0n) is 21.2. The van der Waals surface area contributed by atoms with Crippen LogP contribution in [0.5, 0.6) is 11.5 Å². The zero-order chi connectivity index (χ0) is 25.4. The van der Waals surface area contributed by atoms with E-state index in [0.29, 0.717) is 24.3 Å². The van der Waals surface area contributed by atoms with Gasteiger partial charge in [-0.05, 0) is 122 Å². The van der Waals surface area contributed by atoms with Crippen molar-refractivity contribution in [3.05, 3.63) is 71.8 Å². The second-order valence-corrected chi connectivity index (χ2v) is 11.5. The molecule has 0 radical (unpaired) electrons. The number of carbonyl (C=O) groups excluding carboxylic acids is 1. The monoisotopic (exact) mass is 498 g/mol. The number of ether oxygens (including phenoxy) is 2. The highest BCUT2D eigenvalue weighted by molar-refractivity contribution is 5.92. The van der Waals surface area contributed by atoms with Crippen molar-refractivity contribution in [3.63, 3.8) is 0 Å². The Hall–Kier alpha value is -3.34. The van der Waals surface area contributed by atoms with Gasteiger partial charge in [0.25, 0.3) is 0 Å². The maximum atomic E-state index is 12.6. The Bertz CT molecular complexity index is 1280. The van der Waals surface area contributed by atoms with Gasteiger partial charge in [0, 0.05) is 12.0 Å². The lowest BCUT2D eigenvalue weighted by molar-refractivity contribution is -0.137. The quantitative estimate of drug-likeness (QED) is 0.192. The molecule has 192 valence electrons. The summed E-state index contributed by atoms with van der Waals surface area (Å²) in [6.07, 6.45) is 9.30. The summed E-state index contributed by atoms with van der Waals surface area (Å²) >= 11 is 0. The Morgan fingerprint density at radius 1 is 0.838 bits per heavy atom. The highest BCUT2D eigenvalue weighted by Gasteiger charge is 2.52. The number of carboxylic acids is 1. The van der Waals surface area contributed by atoms with Crippen molar-refractivity contribution in [2.45, 2.75) is 63.2 Å². The van der Waals surface area contributed by atoms with Crippen LogP contribution in [0.3, 0.4) is 0 Å². The normalized spacial score (nSPS) is 25.8. The number of carbonyl (C=O) groups is 2. The van der Waals surface area contributed by atoms with E-state index in [1.54, 1.807) is 12.1 Å². The fraction of sp³-hybridized carbons (Fsp3) is 0.438. The van der Waals surface area contributed by atoms with Crippen molar-refractivity contribution in [2.24, 2.45) is 17.8 Å². The van der Waals surface area contributed by atoms with E-state index >= 15 is 0 Å². The number of aliphatic carboxylic acids is 1. The molecule has 5 heteroatoms. The van der Waals surface area contributed by atoms with E-state index in [-0.39, 0.29) is 17.8 Å². The van der Waals surface area contributed by atoms with Gasteiger partial charge in [0.1, 0.15) is 11.5 Å². The molecule has 0 aliphatic heterocycles. The fourth-order valence-corrected chi connectivity index (χ4v) is 7.59. The molecule has 0 spiro atoms. The van der Waals surface area contributed by atoms with Crippen LogP contribution in [0.25, 0.3) is 10.8 Å². The standard InChI is InChI=1S/C32H34O5/c33-30(34)8-4-5-11-36-29-17-25-9-10-27(37-31(35)24-6-2-1-3-7-24)15-26(25)16-28(29)32-18-21-12-22(19-32)14-23(13-21)20-32/h1-3,6-7,9-10,15-17,21-23H,4-5,8,11-14,18-20H2,(H,33,34). The van der Waals surface area contributed by atoms with Gasteiger partial charge < -0.3 is 14.6 Å². The molecule has 4 saturated carbocycles. The van der Waals surface area contributed by atoms with Gasteiger partial charge in [-0.3, -0.25) is 4.79 Å². The Labute approximate surface area is 217 Å². The van der Waals surface area contributed by atoms with Gasteiger partial charge in [0.05, 0.1) is 12.2 Å². The van der Waals surface area contributed by atoms with E-state index in [0.717, 1.165) is 40.7 Å². The summed E-state index contributed by atoms with van der Waals surface area (Å²) in [5.74, 6) is 2.79. The molecule has 0 heterocycles. The lowest BCUT2D eigenvalue weighted by atomic mass is 9.48. The van der Waals surface area contributed by atoms with Gasteiger partial charge in [-0.25, -0.2) is 4.79 Å². The maximum absolute atomic E-state index is 12.6. The highest BCUT2D eigenvalue weighted by atomic mass is 16.5. The molecule has 3 aromatic carbocycles. The molecule has 0 atom stereocenters. The molecule has 0 saturated heterocycles. The van der Waals surface area contributed by atoms with Crippen LogP contribution < -0.4 is 9.47 Å². The van der Waals surface area contributed by atoms with Crippen molar-refractivity contribution >= 4 is 22.7 Å². The van der Waals surface area contributed by atoms with Crippen LogP contribution in [0.4, 0.5) is 0 Å². The lowest BCUT2D eigenvalue weighted by Crippen LogP contribution is -2.48. The molecule has 3 aromatic rings. The number of rotatable bonds is 9. The lowest BCUT2D eigenvalue weighted by Gasteiger charge is -2.57. The molecule has 0 aromatic heterocycles. The maximum Gasteiger partial charge on any atom is 0.343 e. The average molecular weight is 499 g/mol. The molecule has 5 nitrogen and oxygen atoms in total. The highest BCUT2D eigenvalue weighted by Crippen LogP contribution is 2.62. The Kier molecular flexibility index (Phi) is 6.39. The zero-order valence-corrected chi connectivity index (χ0v) is 21.2. The van der Waals surface area contributed by atoms with E-state index in [2.05, 4.69) is 12.1 Å². The van der Waals surface area contributed by atoms with Gasteiger partial charge in [0.2, 0.25) is 0 Å². The Morgan fingerprint density at radius 2 is 1.54 bits per heavy atom. The van der Waals surface area contributed by atoms with E-state index in [9.17, 15) is 9.59 Å². The molecule has 1 N–H and O–H groups in total. The van der Waals surface area contributed by atoms with Crippen LogP contribution in [0.15, 0.2) is 60.7 Å². The van der Waals surface area contributed by atoms with Gasteiger partial charge in [-0.15, -0.1) is 0 Å². The van der Waals surface area contributed by atoms with Crippen LogP contribution in [0.2, 0.25) is 0 Å². The number of hydrogen-bond donors (Lipinski definition) is 1. The minimum Gasteiger partial charge on any atom is -0.493 e. The number of unbranched alkanes of at least 4 members (excludes halogenated alkanes) is 1. The van der Waals surface area contributed by atoms with Gasteiger partial charge in [-0.2, -0.15) is 0 Å². The first-order valence-corrected chi connectivity index (χ1v) is 13.7. The Morgan fingerprint density at radius 3 is 2.22 bits per heavy atom. The first kappa shape index (κ1) is 24.0. The SMILES string of the molecule is O=C(O)CCCCOc1cc2ccc(OC(=O)c3ccccc3)cc2cc1C12CC3CC(CC(C3)C1)C2. The van der Waals surface area contributed by atoms with E-state index in [1.165, 1.54) is 44.1 Å². The summed E-state index contributed by atoms with van der Waals surface area (Å²) in [5, 5.41) is 11.1. The number of benzene rings is 3. The number of carboxylic acid groups (broad SMARTS) is 1. The van der Waals surface area contributed by atoms with Crippen molar-refractivity contribution in [1.29, 1.82) is 0 Å². The van der Waals surface area contributed by atoms with Gasteiger partial charge in [-0.1, -0.05) is 24.3 Å². The first-order valence-electron chi connectivity index (χ1n) is 13.7. The molecule has 4 aliphatic rings. The molecule has 4 fully saturated rings. The smallest absolute Gasteiger partial charge is 0.343 e. The van der Waals surface area contributed by atoms with Crippen LogP contribution >= 0.6 is 0 Å². The van der Waals surface area contributed by atoms with Crippen molar-refractivity contribution < 1.29 is 24.2 Å². The number of fused-ring (bicyclic) bond motifs is 1. The summed E-state index contributed by atoms with van der Waals surface area (Å²) in [6, 6.07) is 19.3. The molecule has 37 heavy (non-hydrogen) atoms. The average Bonchev–Trinajstić information content (AvgIpc) is 2.87. The summed E-state index contributed by atoms with van der Waals surface area (Å²) in [5.41, 5.74) is 1.98. The predicted molar refractivity (Wildman–Crippen MR) is 142 cm³/mol. The predicted octanol–water partition coefficient (Wildman–Crippen LogP) is 7.16. The molecule has 7 rings (SSSR count). The van der Waals surface area contributed by atoms with E-state index < -0.39 is 5.97 Å². The Balaban J connectivity index is 1.31. The first-order chi connectivity index (χ1) is 18.0. The molecular formula is C32H34O5. The van der Waals surface area contributed by atoms with Crippen LogP contribution in [-0.4, -0.2) is 23.7 Å². The summed E-state index contributed by atoms with van der Waals surface area (Å²) in [7, 11) is 0. The minimum absolute atomic E-state index is 0.149. The largest absolute Gasteiger partial charge is 0.493 e.